The molecule has 7 heteroatoms. The van der Waals surface area contributed by atoms with Crippen LogP contribution in [0.15, 0.2) is 48.5 Å². The molecule has 0 radical (unpaired) electrons. The van der Waals surface area contributed by atoms with Crippen molar-refractivity contribution >= 4 is 5.97 Å². The molecule has 0 aliphatic heterocycles. The lowest BCUT2D eigenvalue weighted by molar-refractivity contribution is 0.000164. The van der Waals surface area contributed by atoms with Gasteiger partial charge < -0.3 is 28.8 Å². The fraction of sp³-hybridized carbons (Fsp3) is 0.409. The predicted octanol–water partition coefficient (Wildman–Crippen LogP) is 3.13. The first-order valence-electron chi connectivity index (χ1n) is 9.49. The normalized spacial score (nSPS) is 10.8. The van der Waals surface area contributed by atoms with E-state index in [9.17, 15) is 4.79 Å². The third-order valence-electron chi connectivity index (χ3n) is 3.99. The summed E-state index contributed by atoms with van der Waals surface area (Å²) in [6.45, 7) is 4.20. The second-order valence-corrected chi connectivity index (χ2v) is 6.09. The van der Waals surface area contributed by atoms with Gasteiger partial charge >= 0.3 is 5.97 Å². The zero-order valence-electron chi connectivity index (χ0n) is 16.7. The molecule has 7 nitrogen and oxygen atoms in total. The first-order chi connectivity index (χ1) is 14.2. The minimum absolute atomic E-state index is 0.273. The largest absolute Gasteiger partial charge is 0.491 e. The van der Waals surface area contributed by atoms with Crippen LogP contribution in [0.25, 0.3) is 11.1 Å². The number of carboxylic acid groups (broad SMARTS) is 1. The molecule has 0 bridgehead atoms. The van der Waals surface area contributed by atoms with Gasteiger partial charge in [0, 0.05) is 7.11 Å². The van der Waals surface area contributed by atoms with E-state index in [1.165, 1.54) is 0 Å². The molecule has 0 atom stereocenters. The van der Waals surface area contributed by atoms with Crippen LogP contribution >= 0.6 is 0 Å². The average molecular weight is 404 g/mol. The molecule has 2 aromatic rings. The molecule has 2 rings (SSSR count). The zero-order chi connectivity index (χ0) is 20.7. The molecule has 0 unspecified atom stereocenters. The molecule has 0 fully saturated rings. The van der Waals surface area contributed by atoms with Gasteiger partial charge in [0.2, 0.25) is 0 Å². The van der Waals surface area contributed by atoms with Crippen molar-refractivity contribution in [3.63, 3.8) is 0 Å². The van der Waals surface area contributed by atoms with Crippen LogP contribution in [0, 0.1) is 0 Å². The van der Waals surface area contributed by atoms with E-state index in [1.54, 1.807) is 31.4 Å². The summed E-state index contributed by atoms with van der Waals surface area (Å²) in [6.07, 6.45) is 0. The van der Waals surface area contributed by atoms with Crippen LogP contribution in [0.5, 0.6) is 5.75 Å². The summed E-state index contributed by atoms with van der Waals surface area (Å²) in [7, 11) is 1.64. The van der Waals surface area contributed by atoms with Crippen molar-refractivity contribution in [2.45, 2.75) is 0 Å². The monoisotopic (exact) mass is 404 g/mol. The lowest BCUT2D eigenvalue weighted by atomic mass is 10.0. The number of carboxylic acids is 1. The molecule has 0 saturated heterocycles. The highest BCUT2D eigenvalue weighted by Crippen LogP contribution is 2.22. The second kappa shape index (κ2) is 13.7. The van der Waals surface area contributed by atoms with Gasteiger partial charge in [-0.3, -0.25) is 0 Å². The van der Waals surface area contributed by atoms with Gasteiger partial charge in [-0.25, -0.2) is 4.79 Å². The number of carbonyl (C=O) groups is 1. The molecule has 0 aliphatic carbocycles. The van der Waals surface area contributed by atoms with E-state index in [0.717, 1.165) is 16.9 Å². The van der Waals surface area contributed by atoms with E-state index in [4.69, 9.17) is 28.8 Å². The molecule has 0 saturated carbocycles. The average Bonchev–Trinajstić information content (AvgIpc) is 2.75. The van der Waals surface area contributed by atoms with E-state index >= 15 is 0 Å². The Kier molecular flexibility index (Phi) is 10.8. The highest BCUT2D eigenvalue weighted by atomic mass is 16.6. The molecule has 0 aliphatic rings. The Bertz CT molecular complexity index is 698. The summed E-state index contributed by atoms with van der Waals surface area (Å²) in [4.78, 5) is 10.9. The Labute approximate surface area is 171 Å². The zero-order valence-corrected chi connectivity index (χ0v) is 16.7. The van der Waals surface area contributed by atoms with Gasteiger partial charge in [-0.2, -0.15) is 0 Å². The Morgan fingerprint density at radius 3 is 1.62 bits per heavy atom. The van der Waals surface area contributed by atoms with Gasteiger partial charge in [0.1, 0.15) is 12.4 Å². The van der Waals surface area contributed by atoms with Crippen LogP contribution < -0.4 is 4.74 Å². The van der Waals surface area contributed by atoms with E-state index in [0.29, 0.717) is 52.9 Å². The lowest BCUT2D eigenvalue weighted by Crippen LogP contribution is -2.13. The van der Waals surface area contributed by atoms with Crippen LogP contribution in [0.4, 0.5) is 0 Å². The molecule has 0 aromatic heterocycles. The Balaban J connectivity index is 1.55. The van der Waals surface area contributed by atoms with E-state index in [2.05, 4.69) is 0 Å². The topological polar surface area (TPSA) is 83.5 Å². The van der Waals surface area contributed by atoms with Crippen LogP contribution in [0.1, 0.15) is 10.4 Å². The summed E-state index contributed by atoms with van der Waals surface area (Å²) in [5.41, 5.74) is 2.22. The molecule has 29 heavy (non-hydrogen) atoms. The quantitative estimate of drug-likeness (QED) is 0.457. The second-order valence-electron chi connectivity index (χ2n) is 6.09. The minimum Gasteiger partial charge on any atom is -0.491 e. The van der Waals surface area contributed by atoms with E-state index in [-0.39, 0.29) is 5.56 Å². The minimum atomic E-state index is -0.930. The number of hydrogen-bond acceptors (Lipinski definition) is 6. The van der Waals surface area contributed by atoms with Crippen LogP contribution in [-0.4, -0.2) is 71.0 Å². The number of aromatic carboxylic acids is 1. The van der Waals surface area contributed by atoms with Crippen LogP contribution in [0.2, 0.25) is 0 Å². The summed E-state index contributed by atoms with van der Waals surface area (Å²) >= 11 is 0. The van der Waals surface area contributed by atoms with Crippen LogP contribution in [0.3, 0.4) is 0 Å². The van der Waals surface area contributed by atoms with Crippen molar-refractivity contribution in [1.82, 2.24) is 0 Å². The SMILES string of the molecule is COCCOCCOCCOCCOc1ccc(-c2ccc(C(=O)O)cc2)cc1. The van der Waals surface area contributed by atoms with Crippen molar-refractivity contribution in [1.29, 1.82) is 0 Å². The Morgan fingerprint density at radius 1 is 0.690 bits per heavy atom. The van der Waals surface area contributed by atoms with Crippen LogP contribution in [-0.2, 0) is 18.9 Å². The van der Waals surface area contributed by atoms with Gasteiger partial charge in [-0.1, -0.05) is 24.3 Å². The maximum Gasteiger partial charge on any atom is 0.335 e. The van der Waals surface area contributed by atoms with Crippen molar-refractivity contribution in [2.24, 2.45) is 0 Å². The fourth-order valence-electron chi connectivity index (χ4n) is 2.45. The molecule has 2 aromatic carbocycles. The number of methoxy groups -OCH3 is 1. The highest BCUT2D eigenvalue weighted by Gasteiger charge is 2.03. The van der Waals surface area contributed by atoms with Gasteiger partial charge in [-0.05, 0) is 35.4 Å². The van der Waals surface area contributed by atoms with Crippen molar-refractivity contribution < 1.29 is 33.6 Å². The molecular formula is C22H28O7. The number of benzene rings is 2. The van der Waals surface area contributed by atoms with E-state index in [1.807, 2.05) is 24.3 Å². The predicted molar refractivity (Wildman–Crippen MR) is 109 cm³/mol. The highest BCUT2D eigenvalue weighted by molar-refractivity contribution is 5.88. The van der Waals surface area contributed by atoms with Gasteiger partial charge in [0.25, 0.3) is 0 Å². The lowest BCUT2D eigenvalue weighted by Gasteiger charge is -2.09. The van der Waals surface area contributed by atoms with E-state index < -0.39 is 5.97 Å². The standard InChI is InChI=1S/C22H28O7/c1-25-10-11-26-12-13-27-14-15-28-16-17-29-21-8-6-19(7-9-21)18-2-4-20(5-3-18)22(23)24/h2-9H,10-17H2,1H3,(H,23,24). The first-order valence-corrected chi connectivity index (χ1v) is 9.49. The smallest absolute Gasteiger partial charge is 0.335 e. The molecule has 0 spiro atoms. The molecular weight excluding hydrogens is 376 g/mol. The van der Waals surface area contributed by atoms with Gasteiger partial charge in [0.15, 0.2) is 0 Å². The third kappa shape index (κ3) is 9.06. The van der Waals surface area contributed by atoms with Crippen molar-refractivity contribution in [2.75, 3.05) is 60.0 Å². The number of hydrogen-bond donors (Lipinski definition) is 1. The fourth-order valence-corrected chi connectivity index (χ4v) is 2.45. The summed E-state index contributed by atoms with van der Waals surface area (Å²) in [6, 6.07) is 14.4. The molecule has 0 amide bonds. The maximum absolute atomic E-state index is 10.9. The number of ether oxygens (including phenoxy) is 5. The van der Waals surface area contributed by atoms with Gasteiger partial charge in [0.05, 0.1) is 51.8 Å². The number of rotatable bonds is 15. The third-order valence-corrected chi connectivity index (χ3v) is 3.99. The summed E-state index contributed by atoms with van der Waals surface area (Å²) in [5, 5.41) is 8.95. The Hall–Kier alpha value is -2.45. The molecule has 158 valence electrons. The summed E-state index contributed by atoms with van der Waals surface area (Å²) < 4.78 is 26.7. The molecule has 0 heterocycles. The Morgan fingerprint density at radius 2 is 1.14 bits per heavy atom. The van der Waals surface area contributed by atoms with Crippen molar-refractivity contribution in [3.05, 3.63) is 54.1 Å². The first kappa shape index (κ1) is 22.8. The summed E-state index contributed by atoms with van der Waals surface area (Å²) in [5.74, 6) is -0.176. The van der Waals surface area contributed by atoms with Gasteiger partial charge in [-0.15, -0.1) is 0 Å². The van der Waals surface area contributed by atoms with Crippen molar-refractivity contribution in [3.8, 4) is 16.9 Å². The molecule has 1 N–H and O–H groups in total. The maximum atomic E-state index is 10.9.